The number of rotatable bonds is 2. The molecule has 1 saturated heterocycles. The molecule has 82 valence electrons. The molecule has 0 spiro atoms. The van der Waals surface area contributed by atoms with Gasteiger partial charge in [-0.2, -0.15) is 0 Å². The molecular weight excluding hydrogens is 190 g/mol. The van der Waals surface area contributed by atoms with Gasteiger partial charge in [0.1, 0.15) is 5.82 Å². The van der Waals surface area contributed by atoms with Crippen molar-refractivity contribution in [2.45, 2.75) is 26.0 Å². The summed E-state index contributed by atoms with van der Waals surface area (Å²) in [7, 11) is 0. The second-order valence-corrected chi connectivity index (χ2v) is 4.07. The van der Waals surface area contributed by atoms with Crippen molar-refractivity contribution in [1.82, 2.24) is 4.98 Å². The van der Waals surface area contributed by atoms with Crippen LogP contribution in [0.3, 0.4) is 0 Å². The van der Waals surface area contributed by atoms with E-state index in [4.69, 9.17) is 5.73 Å². The predicted octanol–water partition coefficient (Wildman–Crippen LogP) is 0.420. The van der Waals surface area contributed by atoms with Gasteiger partial charge in [-0.1, -0.05) is 0 Å². The lowest BCUT2D eigenvalue weighted by Crippen LogP contribution is -2.22. The van der Waals surface area contributed by atoms with Crippen LogP contribution in [-0.4, -0.2) is 29.3 Å². The Morgan fingerprint density at radius 2 is 2.40 bits per heavy atom. The molecule has 1 fully saturated rings. The number of β-amino-alcohol motifs (C(OH)–C–C–N with tert-alkyl or cyclic N) is 1. The molecule has 3 N–H and O–H groups in total. The summed E-state index contributed by atoms with van der Waals surface area (Å²) in [5, 5.41) is 9.46. The van der Waals surface area contributed by atoms with Gasteiger partial charge in [-0.05, 0) is 31.0 Å². The van der Waals surface area contributed by atoms with Gasteiger partial charge in [0, 0.05) is 25.3 Å². The summed E-state index contributed by atoms with van der Waals surface area (Å²) >= 11 is 0. The lowest BCUT2D eigenvalue weighted by atomic mass is 10.2. The van der Waals surface area contributed by atoms with E-state index in [2.05, 4.69) is 9.88 Å². The average Bonchev–Trinajstić information content (AvgIpc) is 2.64. The molecule has 1 unspecified atom stereocenters. The van der Waals surface area contributed by atoms with Crippen molar-refractivity contribution in [2.75, 3.05) is 18.0 Å². The van der Waals surface area contributed by atoms with Crippen molar-refractivity contribution >= 4 is 5.82 Å². The number of aryl methyl sites for hydroxylation is 1. The Balaban J connectivity index is 2.24. The molecule has 4 nitrogen and oxygen atoms in total. The first kappa shape index (κ1) is 10.4. The third kappa shape index (κ3) is 2.27. The number of hydrogen-bond acceptors (Lipinski definition) is 4. The van der Waals surface area contributed by atoms with Gasteiger partial charge in [-0.3, -0.25) is 0 Å². The van der Waals surface area contributed by atoms with E-state index in [1.165, 1.54) is 0 Å². The van der Waals surface area contributed by atoms with Crippen LogP contribution < -0.4 is 10.6 Å². The van der Waals surface area contributed by atoms with Crippen molar-refractivity contribution < 1.29 is 5.11 Å². The Morgan fingerprint density at radius 1 is 1.60 bits per heavy atom. The van der Waals surface area contributed by atoms with Crippen molar-refractivity contribution in [3.05, 3.63) is 23.4 Å². The molecule has 2 heterocycles. The van der Waals surface area contributed by atoms with Crippen molar-refractivity contribution in [3.63, 3.8) is 0 Å². The first-order valence-electron chi connectivity index (χ1n) is 5.29. The molecule has 1 aromatic rings. The van der Waals surface area contributed by atoms with Crippen molar-refractivity contribution in [3.8, 4) is 0 Å². The second kappa shape index (κ2) is 4.16. The molecule has 1 aromatic heterocycles. The predicted molar refractivity (Wildman–Crippen MR) is 59.7 cm³/mol. The van der Waals surface area contributed by atoms with E-state index in [0.29, 0.717) is 13.1 Å². The average molecular weight is 207 g/mol. The summed E-state index contributed by atoms with van der Waals surface area (Å²) in [5.74, 6) is 0.937. The van der Waals surface area contributed by atoms with Crippen molar-refractivity contribution in [1.29, 1.82) is 0 Å². The van der Waals surface area contributed by atoms with Gasteiger partial charge in [0.2, 0.25) is 0 Å². The minimum atomic E-state index is -0.214. The topological polar surface area (TPSA) is 62.4 Å². The first-order valence-corrected chi connectivity index (χ1v) is 5.29. The van der Waals surface area contributed by atoms with Gasteiger partial charge in [0.25, 0.3) is 0 Å². The van der Waals surface area contributed by atoms with E-state index in [9.17, 15) is 5.11 Å². The molecule has 2 rings (SSSR count). The minimum absolute atomic E-state index is 0.214. The summed E-state index contributed by atoms with van der Waals surface area (Å²) in [4.78, 5) is 6.57. The molecule has 4 heteroatoms. The van der Waals surface area contributed by atoms with E-state index in [-0.39, 0.29) is 6.10 Å². The minimum Gasteiger partial charge on any atom is -0.391 e. The van der Waals surface area contributed by atoms with E-state index in [1.807, 2.05) is 19.1 Å². The number of pyridine rings is 1. The zero-order valence-corrected chi connectivity index (χ0v) is 8.98. The summed E-state index contributed by atoms with van der Waals surface area (Å²) in [6.07, 6.45) is 0.613. The van der Waals surface area contributed by atoms with Gasteiger partial charge < -0.3 is 15.7 Å². The highest BCUT2D eigenvalue weighted by molar-refractivity contribution is 5.43. The fourth-order valence-electron chi connectivity index (χ4n) is 1.95. The highest BCUT2D eigenvalue weighted by atomic mass is 16.3. The van der Waals surface area contributed by atoms with Crippen LogP contribution in [0.2, 0.25) is 0 Å². The summed E-state index contributed by atoms with van der Waals surface area (Å²) < 4.78 is 0. The van der Waals surface area contributed by atoms with E-state index < -0.39 is 0 Å². The molecule has 0 aromatic carbocycles. The maximum absolute atomic E-state index is 9.46. The van der Waals surface area contributed by atoms with Gasteiger partial charge in [0.15, 0.2) is 0 Å². The monoisotopic (exact) mass is 207 g/mol. The molecule has 1 aliphatic heterocycles. The standard InChI is InChI=1S/C11H17N3O/c1-8-4-9(6-12)5-11(13-8)14-3-2-10(15)7-14/h4-5,10,15H,2-3,6-7,12H2,1H3. The number of aromatic nitrogens is 1. The Kier molecular flexibility index (Phi) is 2.88. The normalized spacial score (nSPS) is 21.0. The van der Waals surface area contributed by atoms with Gasteiger partial charge >= 0.3 is 0 Å². The Hall–Kier alpha value is -1.13. The molecule has 0 saturated carbocycles. The summed E-state index contributed by atoms with van der Waals surface area (Å²) in [5.41, 5.74) is 7.69. The summed E-state index contributed by atoms with van der Waals surface area (Å²) in [6, 6.07) is 4.00. The smallest absolute Gasteiger partial charge is 0.129 e. The third-order valence-electron chi connectivity index (χ3n) is 2.72. The van der Waals surface area contributed by atoms with Gasteiger partial charge in [-0.25, -0.2) is 4.98 Å². The molecule has 0 radical (unpaired) electrons. The number of aliphatic hydroxyl groups excluding tert-OH is 1. The maximum Gasteiger partial charge on any atom is 0.129 e. The zero-order chi connectivity index (χ0) is 10.8. The van der Waals surface area contributed by atoms with Crippen LogP contribution in [0.4, 0.5) is 5.82 Å². The Bertz CT molecular complexity index is 354. The van der Waals surface area contributed by atoms with E-state index >= 15 is 0 Å². The fourth-order valence-corrected chi connectivity index (χ4v) is 1.95. The molecule has 0 bridgehead atoms. The Labute approximate surface area is 89.7 Å². The molecule has 1 aliphatic rings. The second-order valence-electron chi connectivity index (χ2n) is 4.07. The van der Waals surface area contributed by atoms with Crippen LogP contribution in [0.5, 0.6) is 0 Å². The molecule has 0 amide bonds. The van der Waals surface area contributed by atoms with Crippen LogP contribution >= 0.6 is 0 Å². The maximum atomic E-state index is 9.46. The first-order chi connectivity index (χ1) is 7.19. The zero-order valence-electron chi connectivity index (χ0n) is 8.98. The van der Waals surface area contributed by atoms with Crippen molar-refractivity contribution in [2.24, 2.45) is 5.73 Å². The van der Waals surface area contributed by atoms with Crippen LogP contribution in [0, 0.1) is 6.92 Å². The number of nitrogens with two attached hydrogens (primary N) is 1. The lowest BCUT2D eigenvalue weighted by Gasteiger charge is -2.17. The van der Waals surface area contributed by atoms with E-state index in [1.54, 1.807) is 0 Å². The van der Waals surface area contributed by atoms with Crippen LogP contribution in [0.15, 0.2) is 12.1 Å². The molecule has 1 atom stereocenters. The van der Waals surface area contributed by atoms with E-state index in [0.717, 1.165) is 30.0 Å². The van der Waals surface area contributed by atoms with Gasteiger partial charge in [0.05, 0.1) is 6.10 Å². The fraction of sp³-hybridized carbons (Fsp3) is 0.545. The molecule has 0 aliphatic carbocycles. The quantitative estimate of drug-likeness (QED) is 0.737. The van der Waals surface area contributed by atoms with Crippen LogP contribution in [0.1, 0.15) is 17.7 Å². The van der Waals surface area contributed by atoms with Crippen LogP contribution in [0.25, 0.3) is 0 Å². The number of hydrogen-bond donors (Lipinski definition) is 2. The summed E-state index contributed by atoms with van der Waals surface area (Å²) in [6.45, 7) is 4.06. The third-order valence-corrected chi connectivity index (χ3v) is 2.72. The number of anilines is 1. The largest absolute Gasteiger partial charge is 0.391 e. The molecular formula is C11H17N3O. The highest BCUT2D eigenvalue weighted by Crippen LogP contribution is 2.20. The number of nitrogens with zero attached hydrogens (tertiary/aromatic N) is 2. The molecule has 15 heavy (non-hydrogen) atoms. The number of aliphatic hydroxyl groups is 1. The lowest BCUT2D eigenvalue weighted by molar-refractivity contribution is 0.198. The Morgan fingerprint density at radius 3 is 3.00 bits per heavy atom. The van der Waals surface area contributed by atoms with Gasteiger partial charge in [-0.15, -0.1) is 0 Å². The van der Waals surface area contributed by atoms with Crippen LogP contribution in [-0.2, 0) is 6.54 Å². The highest BCUT2D eigenvalue weighted by Gasteiger charge is 2.21. The SMILES string of the molecule is Cc1cc(CN)cc(N2CCC(O)C2)n1.